The molecule has 6 nitrogen and oxygen atoms in total. The van der Waals surface area contributed by atoms with E-state index in [0.29, 0.717) is 5.91 Å². The molecule has 1 atom stereocenters. The van der Waals surface area contributed by atoms with Crippen LogP contribution in [0.2, 0.25) is 0 Å². The molecule has 6 heteroatoms. The second-order valence-corrected chi connectivity index (χ2v) is 12.1. The fourth-order valence-electron chi connectivity index (χ4n) is 8.43. The topological polar surface area (TPSA) is 53.1 Å². The summed E-state index contributed by atoms with van der Waals surface area (Å²) in [6.07, 6.45) is 10.1. The number of piperazine rings is 1. The molecule has 0 spiro atoms. The number of hydrogen-bond donors (Lipinski definition) is 0. The summed E-state index contributed by atoms with van der Waals surface area (Å²) in [6.45, 7) is 5.16. The molecule has 2 saturated heterocycles. The lowest BCUT2D eigenvalue weighted by Gasteiger charge is -2.56. The molecule has 1 aromatic rings. The summed E-state index contributed by atoms with van der Waals surface area (Å²) in [5, 5.41) is 0. The first-order valence-corrected chi connectivity index (χ1v) is 14.0. The van der Waals surface area contributed by atoms with Gasteiger partial charge in [-0.1, -0.05) is 12.1 Å². The standard InChI is InChI=1S/C29H41N3O3/c1-35-25-6-4-21(5-7-25)8-10-30-11-13-31(14-12-30)27(33)26-3-2-9-32(26)28(34)29-18-22-15-23(19-29)17-24(16-22)20-29/h4-7,22-24,26H,2-3,8-20H2,1H3. The van der Waals surface area contributed by atoms with Gasteiger partial charge < -0.3 is 14.5 Å². The average molecular weight is 480 g/mol. The van der Waals surface area contributed by atoms with Crippen molar-refractivity contribution in [1.29, 1.82) is 0 Å². The number of ether oxygens (including phenoxy) is 1. The van der Waals surface area contributed by atoms with Crippen LogP contribution in [0.15, 0.2) is 24.3 Å². The number of carbonyl (C=O) groups excluding carboxylic acids is 2. The second kappa shape index (κ2) is 9.42. The van der Waals surface area contributed by atoms with E-state index in [2.05, 4.69) is 17.0 Å². The van der Waals surface area contributed by atoms with Crippen molar-refractivity contribution in [2.75, 3.05) is 46.4 Å². The third kappa shape index (κ3) is 4.47. The van der Waals surface area contributed by atoms with Crippen LogP contribution >= 0.6 is 0 Å². The number of carbonyl (C=O) groups is 2. The van der Waals surface area contributed by atoms with Gasteiger partial charge in [-0.05, 0) is 93.2 Å². The van der Waals surface area contributed by atoms with E-state index >= 15 is 0 Å². The third-order valence-electron chi connectivity index (χ3n) is 9.85. The van der Waals surface area contributed by atoms with Crippen molar-refractivity contribution in [3.8, 4) is 5.75 Å². The van der Waals surface area contributed by atoms with Crippen LogP contribution in [0.5, 0.6) is 5.75 Å². The summed E-state index contributed by atoms with van der Waals surface area (Å²) in [5.41, 5.74) is 1.17. The van der Waals surface area contributed by atoms with E-state index < -0.39 is 0 Å². The first-order valence-electron chi connectivity index (χ1n) is 14.0. The molecular formula is C29H41N3O3. The molecule has 2 amide bonds. The van der Waals surface area contributed by atoms with Gasteiger partial charge in [-0.15, -0.1) is 0 Å². The summed E-state index contributed by atoms with van der Waals surface area (Å²) < 4.78 is 5.25. The zero-order valence-corrected chi connectivity index (χ0v) is 21.3. The van der Waals surface area contributed by atoms with Crippen LogP contribution in [0.4, 0.5) is 0 Å². The molecule has 4 aliphatic carbocycles. The molecule has 190 valence electrons. The van der Waals surface area contributed by atoms with Crippen LogP contribution in [0.25, 0.3) is 0 Å². The minimum absolute atomic E-state index is 0.141. The molecule has 2 heterocycles. The highest BCUT2D eigenvalue weighted by atomic mass is 16.5. The smallest absolute Gasteiger partial charge is 0.245 e. The number of nitrogens with zero attached hydrogens (tertiary/aromatic N) is 3. The summed E-state index contributed by atoms with van der Waals surface area (Å²) >= 11 is 0. The van der Waals surface area contributed by atoms with Gasteiger partial charge >= 0.3 is 0 Å². The maximum atomic E-state index is 13.9. The molecule has 6 fully saturated rings. The third-order valence-corrected chi connectivity index (χ3v) is 9.85. The number of amides is 2. The Morgan fingerprint density at radius 3 is 2.14 bits per heavy atom. The highest BCUT2D eigenvalue weighted by Crippen LogP contribution is 2.60. The Bertz CT molecular complexity index is 902. The van der Waals surface area contributed by atoms with Gasteiger partial charge in [0.1, 0.15) is 11.8 Å². The quantitative estimate of drug-likeness (QED) is 0.626. The molecule has 1 aromatic carbocycles. The Kier molecular flexibility index (Phi) is 6.28. The highest BCUT2D eigenvalue weighted by Gasteiger charge is 2.57. The van der Waals surface area contributed by atoms with Crippen LogP contribution in [0.1, 0.15) is 56.9 Å². The van der Waals surface area contributed by atoms with E-state index in [1.807, 2.05) is 21.9 Å². The zero-order chi connectivity index (χ0) is 24.0. The number of methoxy groups -OCH3 is 1. The lowest BCUT2D eigenvalue weighted by molar-refractivity contribution is -0.162. The van der Waals surface area contributed by atoms with Crippen molar-refractivity contribution in [2.45, 2.75) is 63.8 Å². The summed E-state index contributed by atoms with van der Waals surface area (Å²) in [7, 11) is 1.69. The van der Waals surface area contributed by atoms with Crippen LogP contribution in [0.3, 0.4) is 0 Å². The first-order chi connectivity index (χ1) is 17.0. The summed E-state index contributed by atoms with van der Waals surface area (Å²) in [5.74, 6) is 3.71. The first kappa shape index (κ1) is 23.3. The fourth-order valence-corrected chi connectivity index (χ4v) is 8.43. The monoisotopic (exact) mass is 479 g/mol. The van der Waals surface area contributed by atoms with E-state index in [4.69, 9.17) is 4.74 Å². The number of hydrogen-bond acceptors (Lipinski definition) is 4. The van der Waals surface area contributed by atoms with E-state index in [1.54, 1.807) is 7.11 Å². The maximum Gasteiger partial charge on any atom is 0.245 e. The predicted molar refractivity (Wildman–Crippen MR) is 135 cm³/mol. The normalized spacial score (nSPS) is 34.4. The number of rotatable bonds is 6. The van der Waals surface area contributed by atoms with Crippen molar-refractivity contribution in [2.24, 2.45) is 23.2 Å². The highest BCUT2D eigenvalue weighted by molar-refractivity contribution is 5.91. The summed E-state index contributed by atoms with van der Waals surface area (Å²) in [4.78, 5) is 34.1. The Morgan fingerprint density at radius 1 is 0.914 bits per heavy atom. The second-order valence-electron chi connectivity index (χ2n) is 12.1. The van der Waals surface area contributed by atoms with Crippen molar-refractivity contribution in [3.63, 3.8) is 0 Å². The van der Waals surface area contributed by atoms with Gasteiger partial charge in [0, 0.05) is 39.3 Å². The van der Waals surface area contributed by atoms with Gasteiger partial charge in [0.2, 0.25) is 11.8 Å². The predicted octanol–water partition coefficient (Wildman–Crippen LogP) is 3.59. The van der Waals surface area contributed by atoms with Crippen LogP contribution in [-0.4, -0.2) is 78.9 Å². The van der Waals surface area contributed by atoms with Crippen LogP contribution in [-0.2, 0) is 16.0 Å². The molecule has 2 aliphatic heterocycles. The van der Waals surface area contributed by atoms with Gasteiger partial charge in [-0.25, -0.2) is 0 Å². The summed E-state index contributed by atoms with van der Waals surface area (Å²) in [6, 6.07) is 8.08. The molecule has 0 radical (unpaired) electrons. The van der Waals surface area contributed by atoms with Gasteiger partial charge in [0.25, 0.3) is 0 Å². The average Bonchev–Trinajstić information content (AvgIpc) is 3.36. The van der Waals surface area contributed by atoms with E-state index in [0.717, 1.165) is 101 Å². The fraction of sp³-hybridized carbons (Fsp3) is 0.724. The van der Waals surface area contributed by atoms with Crippen LogP contribution < -0.4 is 4.74 Å². The minimum Gasteiger partial charge on any atom is -0.497 e. The molecule has 35 heavy (non-hydrogen) atoms. The van der Waals surface area contributed by atoms with E-state index in [-0.39, 0.29) is 17.4 Å². The molecule has 6 aliphatic rings. The SMILES string of the molecule is COc1ccc(CCN2CCN(C(=O)C3CCCN3C(=O)C34CC5CC(CC(C5)C3)C4)CC2)cc1. The Morgan fingerprint density at radius 2 is 1.54 bits per heavy atom. The molecule has 0 aromatic heterocycles. The van der Waals surface area contributed by atoms with Gasteiger partial charge in [0.05, 0.1) is 12.5 Å². The molecule has 7 rings (SSSR count). The molecule has 1 unspecified atom stereocenters. The van der Waals surface area contributed by atoms with Gasteiger partial charge in [-0.3, -0.25) is 14.5 Å². The maximum absolute atomic E-state index is 13.9. The van der Waals surface area contributed by atoms with Crippen molar-refractivity contribution in [3.05, 3.63) is 29.8 Å². The van der Waals surface area contributed by atoms with Gasteiger partial charge in [0.15, 0.2) is 0 Å². The van der Waals surface area contributed by atoms with Crippen molar-refractivity contribution in [1.82, 2.24) is 14.7 Å². The largest absolute Gasteiger partial charge is 0.497 e. The van der Waals surface area contributed by atoms with E-state index in [1.165, 1.54) is 24.8 Å². The van der Waals surface area contributed by atoms with E-state index in [9.17, 15) is 9.59 Å². The van der Waals surface area contributed by atoms with Crippen molar-refractivity contribution >= 4 is 11.8 Å². The Balaban J connectivity index is 1.03. The van der Waals surface area contributed by atoms with Gasteiger partial charge in [-0.2, -0.15) is 0 Å². The molecule has 4 bridgehead atoms. The van der Waals surface area contributed by atoms with Crippen LogP contribution in [0, 0.1) is 23.2 Å². The Hall–Kier alpha value is -2.08. The van der Waals surface area contributed by atoms with Crippen molar-refractivity contribution < 1.29 is 14.3 Å². The lowest BCUT2D eigenvalue weighted by atomic mass is 9.49. The molecule has 4 saturated carbocycles. The number of likely N-dealkylation sites (tertiary alicyclic amines) is 1. The molecule has 0 N–H and O–H groups in total. The zero-order valence-electron chi connectivity index (χ0n) is 21.3. The number of benzene rings is 1. The molecular weight excluding hydrogens is 438 g/mol. The Labute approximate surface area is 210 Å². The minimum atomic E-state index is -0.221. The lowest BCUT2D eigenvalue weighted by Crippen LogP contribution is -2.59.